The fourth-order valence-electron chi connectivity index (χ4n) is 3.52. The van der Waals surface area contributed by atoms with E-state index in [9.17, 15) is 14.4 Å². The summed E-state index contributed by atoms with van der Waals surface area (Å²) in [5, 5.41) is 3.49. The number of carbonyl (C=O) groups is 2. The molecule has 3 aromatic rings. The first kappa shape index (κ1) is 17.1. The molecule has 0 bridgehead atoms. The lowest BCUT2D eigenvalue weighted by Gasteiger charge is -2.24. The minimum Gasteiger partial charge on any atom is -0.467 e. The Morgan fingerprint density at radius 2 is 2.07 bits per heavy atom. The van der Waals surface area contributed by atoms with Gasteiger partial charge in [0.25, 0.3) is 5.91 Å². The monoisotopic (exact) mass is 365 g/mol. The number of H-pyrrole nitrogens is 1. The van der Waals surface area contributed by atoms with Gasteiger partial charge in [-0.3, -0.25) is 14.4 Å². The summed E-state index contributed by atoms with van der Waals surface area (Å²) in [6.45, 7) is 0.761. The summed E-state index contributed by atoms with van der Waals surface area (Å²) >= 11 is 0. The van der Waals surface area contributed by atoms with Gasteiger partial charge in [0.15, 0.2) is 0 Å². The number of fused-ring (bicyclic) bond motifs is 1. The predicted octanol–water partition coefficient (Wildman–Crippen LogP) is 2.04. The topological polar surface area (TPSA) is 95.4 Å². The molecule has 2 amide bonds. The fraction of sp³-hybridized carbons (Fsp3) is 0.250. The van der Waals surface area contributed by atoms with Gasteiger partial charge in [-0.1, -0.05) is 18.2 Å². The lowest BCUT2D eigenvalue weighted by Crippen LogP contribution is -2.45. The summed E-state index contributed by atoms with van der Waals surface area (Å²) < 4.78 is 5.22. The molecule has 2 aromatic heterocycles. The van der Waals surface area contributed by atoms with Crippen molar-refractivity contribution in [2.45, 2.75) is 25.4 Å². The Bertz CT molecular complexity index is 1040. The van der Waals surface area contributed by atoms with Gasteiger partial charge in [-0.2, -0.15) is 0 Å². The zero-order chi connectivity index (χ0) is 18.8. The number of likely N-dealkylation sites (tertiary alicyclic amines) is 1. The number of benzene rings is 1. The van der Waals surface area contributed by atoms with Crippen LogP contribution < -0.4 is 10.9 Å². The molecule has 27 heavy (non-hydrogen) atoms. The third-order valence-electron chi connectivity index (χ3n) is 4.81. The van der Waals surface area contributed by atoms with E-state index in [0.29, 0.717) is 35.2 Å². The number of hydrogen-bond acceptors (Lipinski definition) is 4. The zero-order valence-corrected chi connectivity index (χ0v) is 14.6. The molecular weight excluding hydrogens is 346 g/mol. The van der Waals surface area contributed by atoms with Crippen LogP contribution in [-0.2, 0) is 11.3 Å². The molecule has 1 aliphatic heterocycles. The van der Waals surface area contributed by atoms with E-state index in [1.54, 1.807) is 41.5 Å². The van der Waals surface area contributed by atoms with E-state index in [1.807, 2.05) is 6.07 Å². The fourth-order valence-corrected chi connectivity index (χ4v) is 3.52. The highest BCUT2D eigenvalue weighted by Crippen LogP contribution is 2.23. The van der Waals surface area contributed by atoms with Crippen LogP contribution in [0.1, 0.15) is 29.0 Å². The van der Waals surface area contributed by atoms with Crippen molar-refractivity contribution in [2.75, 3.05) is 6.54 Å². The summed E-state index contributed by atoms with van der Waals surface area (Å²) in [5.41, 5.74) is 0.585. The van der Waals surface area contributed by atoms with Crippen molar-refractivity contribution in [1.29, 1.82) is 0 Å². The van der Waals surface area contributed by atoms with Crippen molar-refractivity contribution in [3.8, 4) is 0 Å². The van der Waals surface area contributed by atoms with Gasteiger partial charge in [-0.05, 0) is 31.0 Å². The molecule has 0 unspecified atom stereocenters. The molecule has 1 atom stereocenters. The van der Waals surface area contributed by atoms with Crippen molar-refractivity contribution < 1.29 is 14.0 Å². The van der Waals surface area contributed by atoms with Gasteiger partial charge in [-0.25, -0.2) is 0 Å². The average molecular weight is 365 g/mol. The van der Waals surface area contributed by atoms with Gasteiger partial charge in [0.2, 0.25) is 11.5 Å². The average Bonchev–Trinajstić information content (AvgIpc) is 3.36. The molecule has 1 aromatic carbocycles. The molecule has 0 saturated carbocycles. The van der Waals surface area contributed by atoms with Crippen LogP contribution in [0.3, 0.4) is 0 Å². The third kappa shape index (κ3) is 3.36. The quantitative estimate of drug-likeness (QED) is 0.740. The predicted molar refractivity (Wildman–Crippen MR) is 99.2 cm³/mol. The first-order valence-corrected chi connectivity index (χ1v) is 8.86. The number of furan rings is 1. The van der Waals surface area contributed by atoms with Gasteiger partial charge >= 0.3 is 0 Å². The SMILES string of the molecule is O=C(NCc1ccco1)[C@H]1CCCN1C(=O)c1cc(=O)[nH]c2ccccc12. The highest BCUT2D eigenvalue weighted by atomic mass is 16.3. The number of para-hydroxylation sites is 1. The van der Waals surface area contributed by atoms with Crippen molar-refractivity contribution in [2.24, 2.45) is 0 Å². The minimum absolute atomic E-state index is 0.216. The molecule has 7 nitrogen and oxygen atoms in total. The summed E-state index contributed by atoms with van der Waals surface area (Å²) in [5.74, 6) is 0.138. The molecule has 0 radical (unpaired) electrons. The number of amides is 2. The van der Waals surface area contributed by atoms with E-state index < -0.39 is 6.04 Å². The van der Waals surface area contributed by atoms with Gasteiger partial charge in [0.05, 0.1) is 18.4 Å². The van der Waals surface area contributed by atoms with Crippen LogP contribution in [0, 0.1) is 0 Å². The normalized spacial score (nSPS) is 16.6. The summed E-state index contributed by atoms with van der Waals surface area (Å²) in [7, 11) is 0. The molecule has 4 rings (SSSR count). The lowest BCUT2D eigenvalue weighted by molar-refractivity contribution is -0.125. The number of nitrogens with zero attached hydrogens (tertiary/aromatic N) is 1. The van der Waals surface area contributed by atoms with Crippen molar-refractivity contribution in [1.82, 2.24) is 15.2 Å². The Morgan fingerprint density at radius 3 is 2.89 bits per heavy atom. The van der Waals surface area contributed by atoms with Crippen LogP contribution >= 0.6 is 0 Å². The van der Waals surface area contributed by atoms with E-state index in [1.165, 1.54) is 6.07 Å². The number of hydrogen-bond donors (Lipinski definition) is 2. The maximum absolute atomic E-state index is 13.1. The van der Waals surface area contributed by atoms with Crippen LogP contribution in [0.5, 0.6) is 0 Å². The van der Waals surface area contributed by atoms with Gasteiger partial charge < -0.3 is 19.6 Å². The van der Waals surface area contributed by atoms with Gasteiger partial charge in [0, 0.05) is 23.5 Å². The summed E-state index contributed by atoms with van der Waals surface area (Å²) in [4.78, 5) is 42.0. The molecule has 1 aliphatic rings. The Kier molecular flexibility index (Phi) is 4.50. The first-order chi connectivity index (χ1) is 13.1. The van der Waals surface area contributed by atoms with Crippen LogP contribution in [0.2, 0.25) is 0 Å². The second kappa shape index (κ2) is 7.11. The number of nitrogens with one attached hydrogen (secondary N) is 2. The van der Waals surface area contributed by atoms with E-state index in [4.69, 9.17) is 4.42 Å². The van der Waals surface area contributed by atoms with E-state index in [0.717, 1.165) is 6.42 Å². The Labute approximate surface area is 155 Å². The molecule has 0 aliphatic carbocycles. The lowest BCUT2D eigenvalue weighted by atomic mass is 10.1. The highest BCUT2D eigenvalue weighted by Gasteiger charge is 2.35. The highest BCUT2D eigenvalue weighted by molar-refractivity contribution is 6.07. The molecule has 7 heteroatoms. The molecule has 0 spiro atoms. The van der Waals surface area contributed by atoms with Crippen LogP contribution in [0.15, 0.2) is 57.9 Å². The molecule has 1 saturated heterocycles. The standard InChI is InChI=1S/C20H19N3O4/c24-18-11-15(14-6-1-2-7-16(14)22-18)20(26)23-9-3-8-17(23)19(25)21-12-13-5-4-10-27-13/h1-2,4-7,10-11,17H,3,8-9,12H2,(H,21,25)(H,22,24)/t17-/m1/s1. The number of carbonyl (C=O) groups excluding carboxylic acids is 2. The van der Waals surface area contributed by atoms with E-state index in [-0.39, 0.29) is 23.9 Å². The largest absolute Gasteiger partial charge is 0.467 e. The third-order valence-corrected chi connectivity index (χ3v) is 4.81. The zero-order valence-electron chi connectivity index (χ0n) is 14.6. The molecule has 3 heterocycles. The van der Waals surface area contributed by atoms with Crippen LogP contribution in [0.25, 0.3) is 10.9 Å². The summed E-state index contributed by atoms with van der Waals surface area (Å²) in [6.07, 6.45) is 2.88. The van der Waals surface area contributed by atoms with Crippen LogP contribution in [-0.4, -0.2) is 34.3 Å². The summed E-state index contributed by atoms with van der Waals surface area (Å²) in [6, 6.07) is 11.4. The van der Waals surface area contributed by atoms with E-state index in [2.05, 4.69) is 10.3 Å². The maximum Gasteiger partial charge on any atom is 0.255 e. The smallest absolute Gasteiger partial charge is 0.255 e. The second-order valence-corrected chi connectivity index (χ2v) is 6.55. The van der Waals surface area contributed by atoms with E-state index >= 15 is 0 Å². The Balaban J connectivity index is 1.58. The number of pyridine rings is 1. The number of aromatic amines is 1. The Morgan fingerprint density at radius 1 is 1.22 bits per heavy atom. The molecule has 2 N–H and O–H groups in total. The number of rotatable bonds is 4. The van der Waals surface area contributed by atoms with Crippen LogP contribution in [0.4, 0.5) is 0 Å². The van der Waals surface area contributed by atoms with Gasteiger partial charge in [0.1, 0.15) is 11.8 Å². The second-order valence-electron chi connectivity index (χ2n) is 6.55. The number of aromatic nitrogens is 1. The Hall–Kier alpha value is -3.35. The van der Waals surface area contributed by atoms with Crippen molar-refractivity contribution in [3.05, 3.63) is 70.4 Å². The molecular formula is C20H19N3O4. The maximum atomic E-state index is 13.1. The van der Waals surface area contributed by atoms with Crippen molar-refractivity contribution >= 4 is 22.7 Å². The minimum atomic E-state index is -0.550. The van der Waals surface area contributed by atoms with Gasteiger partial charge in [-0.15, -0.1) is 0 Å². The first-order valence-electron chi connectivity index (χ1n) is 8.86. The molecule has 138 valence electrons. The van der Waals surface area contributed by atoms with Crippen molar-refractivity contribution in [3.63, 3.8) is 0 Å². The molecule has 1 fully saturated rings.